The van der Waals surface area contributed by atoms with Gasteiger partial charge in [0.05, 0.1) is 16.3 Å². The van der Waals surface area contributed by atoms with E-state index in [0.29, 0.717) is 28.8 Å². The molecule has 3 rings (SSSR count). The number of benzene rings is 2. The minimum Gasteiger partial charge on any atom is -0.507 e. The molecular weight excluding hydrogens is 471 g/mol. The number of halogens is 3. The van der Waals surface area contributed by atoms with Gasteiger partial charge in [0.25, 0.3) is 0 Å². The van der Waals surface area contributed by atoms with Crippen LogP contribution >= 0.6 is 39.3 Å². The first-order valence-electron chi connectivity index (χ1n) is 8.18. The van der Waals surface area contributed by atoms with E-state index in [1.54, 1.807) is 18.2 Å². The fraction of sp³-hybridized carbons (Fsp3) is 0.167. The Morgan fingerprint density at radius 1 is 1.32 bits per heavy atom. The summed E-state index contributed by atoms with van der Waals surface area (Å²) in [6.07, 6.45) is 0. The number of aromatic hydroxyl groups is 1. The largest absolute Gasteiger partial charge is 0.507 e. The molecule has 0 atom stereocenters. The molecule has 0 bridgehead atoms. The second kappa shape index (κ2) is 8.93. The summed E-state index contributed by atoms with van der Waals surface area (Å²) >= 11 is 10.3. The maximum atomic E-state index is 13.2. The lowest BCUT2D eigenvalue weighted by Crippen LogP contribution is -2.14. The van der Waals surface area contributed by atoms with Crippen molar-refractivity contribution >= 4 is 50.9 Å². The molecule has 0 fully saturated rings. The number of anilines is 1. The number of phenolic OH excluding ortho intramolecular Hbond substituents is 1. The van der Waals surface area contributed by atoms with Crippen molar-refractivity contribution in [3.63, 3.8) is 0 Å². The van der Waals surface area contributed by atoms with Crippen LogP contribution in [0.5, 0.6) is 5.75 Å². The first kappa shape index (κ1) is 20.6. The van der Waals surface area contributed by atoms with Crippen LogP contribution < -0.4 is 5.32 Å². The normalized spacial score (nSPS) is 10.9. The van der Waals surface area contributed by atoms with Gasteiger partial charge < -0.3 is 15.0 Å². The molecule has 0 radical (unpaired) electrons. The first-order chi connectivity index (χ1) is 13.4. The molecule has 0 aliphatic heterocycles. The predicted octanol–water partition coefficient (Wildman–Crippen LogP) is 4.96. The third-order valence-corrected chi connectivity index (χ3v) is 5.52. The van der Waals surface area contributed by atoms with Crippen molar-refractivity contribution in [2.24, 2.45) is 0 Å². The molecule has 1 heterocycles. The molecule has 3 aromatic rings. The van der Waals surface area contributed by atoms with E-state index in [1.807, 2.05) is 11.5 Å². The van der Waals surface area contributed by atoms with Gasteiger partial charge in [0.1, 0.15) is 11.6 Å². The predicted molar refractivity (Wildman–Crippen MR) is 111 cm³/mol. The van der Waals surface area contributed by atoms with E-state index in [2.05, 4.69) is 31.4 Å². The minimum atomic E-state index is -0.548. The lowest BCUT2D eigenvalue weighted by atomic mass is 10.2. The molecule has 2 aromatic carbocycles. The SMILES string of the molecule is CCn1c(SCC(=O)Nc2ccc(F)c(Cl)c2)nnc1-c1cc(Br)ccc1O. The van der Waals surface area contributed by atoms with Crippen LogP contribution in [0.4, 0.5) is 10.1 Å². The van der Waals surface area contributed by atoms with Crippen LogP contribution in [0.1, 0.15) is 6.92 Å². The molecule has 10 heteroatoms. The summed E-state index contributed by atoms with van der Waals surface area (Å²) in [5.74, 6) is -0.154. The van der Waals surface area contributed by atoms with Gasteiger partial charge in [-0.1, -0.05) is 39.3 Å². The highest BCUT2D eigenvalue weighted by molar-refractivity contribution is 9.10. The van der Waals surface area contributed by atoms with Crippen LogP contribution in [-0.2, 0) is 11.3 Å². The highest BCUT2D eigenvalue weighted by Crippen LogP contribution is 2.32. The smallest absolute Gasteiger partial charge is 0.234 e. The Hall–Kier alpha value is -2.10. The van der Waals surface area contributed by atoms with Gasteiger partial charge in [-0.15, -0.1) is 10.2 Å². The van der Waals surface area contributed by atoms with E-state index in [-0.39, 0.29) is 22.4 Å². The van der Waals surface area contributed by atoms with Crippen LogP contribution in [0.15, 0.2) is 46.0 Å². The number of hydrogen-bond acceptors (Lipinski definition) is 5. The number of carbonyl (C=O) groups is 1. The zero-order chi connectivity index (χ0) is 20.3. The van der Waals surface area contributed by atoms with Crippen molar-refractivity contribution in [1.82, 2.24) is 14.8 Å². The van der Waals surface area contributed by atoms with Crippen LogP contribution in [0.25, 0.3) is 11.4 Å². The van der Waals surface area contributed by atoms with Gasteiger partial charge in [-0.3, -0.25) is 4.79 Å². The molecule has 1 aromatic heterocycles. The molecule has 0 unspecified atom stereocenters. The summed E-state index contributed by atoms with van der Waals surface area (Å²) in [7, 11) is 0. The third-order valence-electron chi connectivity index (χ3n) is 3.77. The third kappa shape index (κ3) is 4.65. The van der Waals surface area contributed by atoms with E-state index in [0.717, 1.165) is 4.47 Å². The number of aromatic nitrogens is 3. The molecule has 146 valence electrons. The van der Waals surface area contributed by atoms with E-state index in [1.165, 1.54) is 30.0 Å². The van der Waals surface area contributed by atoms with Gasteiger partial charge in [0, 0.05) is 16.7 Å². The van der Waals surface area contributed by atoms with Gasteiger partial charge in [0.2, 0.25) is 5.91 Å². The van der Waals surface area contributed by atoms with Crippen molar-refractivity contribution in [3.8, 4) is 17.1 Å². The number of hydrogen-bond donors (Lipinski definition) is 2. The van der Waals surface area contributed by atoms with Crippen molar-refractivity contribution in [3.05, 3.63) is 51.7 Å². The minimum absolute atomic E-state index is 0.0605. The van der Waals surface area contributed by atoms with Crippen molar-refractivity contribution < 1.29 is 14.3 Å². The number of thioether (sulfide) groups is 1. The monoisotopic (exact) mass is 484 g/mol. The van der Waals surface area contributed by atoms with Crippen LogP contribution in [0.3, 0.4) is 0 Å². The summed E-state index contributed by atoms with van der Waals surface area (Å²) in [5, 5.41) is 21.6. The summed E-state index contributed by atoms with van der Waals surface area (Å²) < 4.78 is 15.8. The number of phenols is 1. The van der Waals surface area contributed by atoms with Gasteiger partial charge in [0.15, 0.2) is 11.0 Å². The van der Waals surface area contributed by atoms with E-state index >= 15 is 0 Å². The lowest BCUT2D eigenvalue weighted by Gasteiger charge is -2.09. The van der Waals surface area contributed by atoms with E-state index < -0.39 is 5.82 Å². The summed E-state index contributed by atoms with van der Waals surface area (Å²) in [6, 6.07) is 9.03. The molecule has 0 saturated heterocycles. The highest BCUT2D eigenvalue weighted by Gasteiger charge is 2.17. The molecule has 0 aliphatic rings. The molecule has 2 N–H and O–H groups in total. The summed E-state index contributed by atoms with van der Waals surface area (Å²) in [6.45, 7) is 2.48. The Kier molecular flexibility index (Phi) is 6.58. The first-order valence-corrected chi connectivity index (χ1v) is 10.3. The van der Waals surface area contributed by atoms with Crippen LogP contribution in [0, 0.1) is 5.82 Å². The molecule has 0 aliphatic carbocycles. The van der Waals surface area contributed by atoms with Crippen molar-refractivity contribution in [1.29, 1.82) is 0 Å². The highest BCUT2D eigenvalue weighted by atomic mass is 79.9. The summed E-state index contributed by atoms with van der Waals surface area (Å²) in [4.78, 5) is 12.2. The average Bonchev–Trinajstić information content (AvgIpc) is 3.07. The number of amides is 1. The van der Waals surface area contributed by atoms with Crippen molar-refractivity contribution in [2.75, 3.05) is 11.1 Å². The molecule has 6 nitrogen and oxygen atoms in total. The maximum Gasteiger partial charge on any atom is 0.234 e. The lowest BCUT2D eigenvalue weighted by molar-refractivity contribution is -0.113. The molecule has 0 saturated carbocycles. The Balaban J connectivity index is 1.72. The second-order valence-electron chi connectivity index (χ2n) is 5.68. The Labute approximate surface area is 178 Å². The van der Waals surface area contributed by atoms with Crippen LogP contribution in [-0.4, -0.2) is 31.5 Å². The molecule has 28 heavy (non-hydrogen) atoms. The topological polar surface area (TPSA) is 80.0 Å². The molecule has 0 spiro atoms. The zero-order valence-corrected chi connectivity index (χ0v) is 17.8. The number of rotatable bonds is 6. The number of nitrogens with zero attached hydrogens (tertiary/aromatic N) is 3. The zero-order valence-electron chi connectivity index (χ0n) is 14.6. The Morgan fingerprint density at radius 2 is 2.11 bits per heavy atom. The quantitative estimate of drug-likeness (QED) is 0.483. The van der Waals surface area contributed by atoms with Gasteiger partial charge in [-0.05, 0) is 43.3 Å². The summed E-state index contributed by atoms with van der Waals surface area (Å²) in [5.41, 5.74) is 0.953. The van der Waals surface area contributed by atoms with Crippen molar-refractivity contribution in [2.45, 2.75) is 18.6 Å². The second-order valence-corrected chi connectivity index (χ2v) is 7.94. The van der Waals surface area contributed by atoms with Gasteiger partial charge in [-0.2, -0.15) is 0 Å². The average molecular weight is 486 g/mol. The van der Waals surface area contributed by atoms with Gasteiger partial charge in [-0.25, -0.2) is 4.39 Å². The van der Waals surface area contributed by atoms with E-state index in [9.17, 15) is 14.3 Å². The number of carbonyl (C=O) groups excluding carboxylic acids is 1. The molecule has 1 amide bonds. The Morgan fingerprint density at radius 3 is 2.82 bits per heavy atom. The standard InChI is InChI=1S/C18H15BrClFN4O2S/c1-2-25-17(12-7-10(19)3-6-15(12)26)23-24-18(25)28-9-16(27)22-11-4-5-14(21)13(20)8-11/h3-8,26H,2,9H2,1H3,(H,22,27). The fourth-order valence-corrected chi connectivity index (χ4v) is 3.81. The molecular formula is C18H15BrClFN4O2S. The van der Waals surface area contributed by atoms with Gasteiger partial charge >= 0.3 is 0 Å². The van der Waals surface area contributed by atoms with E-state index in [4.69, 9.17) is 11.6 Å². The van der Waals surface area contributed by atoms with Crippen LogP contribution in [0.2, 0.25) is 5.02 Å². The number of nitrogens with one attached hydrogen (secondary N) is 1. The maximum absolute atomic E-state index is 13.2. The fourth-order valence-electron chi connectivity index (χ4n) is 2.47. The Bertz CT molecular complexity index is 1030.